The van der Waals surface area contributed by atoms with Gasteiger partial charge in [0.15, 0.2) is 11.6 Å². The average Bonchev–Trinajstić information content (AvgIpc) is 3.83. The number of carbonyl (C=O) groups excluding carboxylic acids is 4. The van der Waals surface area contributed by atoms with Gasteiger partial charge in [0, 0.05) is 41.8 Å². The molecule has 328 valence electrons. The van der Waals surface area contributed by atoms with Crippen molar-refractivity contribution in [1.29, 1.82) is 0 Å². The highest BCUT2D eigenvalue weighted by molar-refractivity contribution is 14.1. The Kier molecular flexibility index (Phi) is 17.3. The second-order valence-corrected chi connectivity index (χ2v) is 18.5. The molecule has 0 unspecified atom stereocenters. The summed E-state index contributed by atoms with van der Waals surface area (Å²) in [6.07, 6.45) is 4.21. The largest absolute Gasteiger partial charge is 0.391 e. The van der Waals surface area contributed by atoms with Crippen molar-refractivity contribution in [3.8, 4) is 10.4 Å². The SMILES string of the molecule is Cc1ncsc1-c1ccc(CNC(=O)[C@@H]2C[C@@H](O)CN2C(=O)[C@@H](CC(=O)CCCCCCCCONC(=O)c2ccc(F)c(F)c2Nc2ccc(I)cc2F)C(C)(C)C)cc1. The molecule has 11 nitrogen and oxygen atoms in total. The van der Waals surface area contributed by atoms with Gasteiger partial charge in [0.05, 0.1) is 45.7 Å². The van der Waals surface area contributed by atoms with E-state index in [1.807, 2.05) is 74.6 Å². The molecule has 16 heteroatoms. The van der Waals surface area contributed by atoms with Crippen LogP contribution in [0, 0.1) is 39.3 Å². The van der Waals surface area contributed by atoms with Crippen molar-refractivity contribution in [2.75, 3.05) is 18.5 Å². The lowest BCUT2D eigenvalue weighted by molar-refractivity contribution is -0.146. The molecule has 0 saturated carbocycles. The van der Waals surface area contributed by atoms with Crippen LogP contribution < -0.4 is 16.1 Å². The number of ketones is 1. The quantitative estimate of drug-likeness (QED) is 0.0389. The standard InChI is InChI=1S/C45H53F3IN5O6S/c1-27-41(61-26-51-27)29-14-12-28(13-15-29)24-50-43(58)38-23-32(56)25-54(38)44(59)34(45(2,3)4)22-31(55)11-9-7-5-6-8-10-20-60-53-42(57)33-17-18-35(46)39(48)40(33)52-37-19-16-30(49)21-36(37)47/h12-19,21,26,32,34,38,52,56H,5-11,20,22-25H2,1-4H3,(H,50,58)(H,53,57)/t32-,34-,38+/m1/s1. The van der Waals surface area contributed by atoms with Gasteiger partial charge in [-0.1, -0.05) is 70.7 Å². The van der Waals surface area contributed by atoms with Crippen molar-refractivity contribution >= 4 is 68.8 Å². The third-order valence-electron chi connectivity index (χ3n) is 10.7. The van der Waals surface area contributed by atoms with Crippen LogP contribution >= 0.6 is 33.9 Å². The van der Waals surface area contributed by atoms with Gasteiger partial charge in [-0.05, 0) is 89.2 Å². The number of aromatic nitrogens is 1. The van der Waals surface area contributed by atoms with Crippen molar-refractivity contribution in [2.24, 2.45) is 11.3 Å². The van der Waals surface area contributed by atoms with Crippen LogP contribution in [0.15, 0.2) is 60.1 Å². The fraction of sp³-hybridized carbons (Fsp3) is 0.444. The van der Waals surface area contributed by atoms with E-state index >= 15 is 0 Å². The van der Waals surface area contributed by atoms with Crippen LogP contribution in [-0.4, -0.2) is 63.8 Å². The number of halogens is 4. The first kappa shape index (κ1) is 47.7. The fourth-order valence-corrected chi connectivity index (χ4v) is 8.49. The van der Waals surface area contributed by atoms with Crippen LogP contribution in [0.25, 0.3) is 10.4 Å². The number of benzene rings is 3. The minimum absolute atomic E-state index is 0.0291. The van der Waals surface area contributed by atoms with E-state index in [-0.39, 0.29) is 61.4 Å². The molecule has 2 heterocycles. The number of aliphatic hydroxyl groups excluding tert-OH is 1. The normalized spacial score (nSPS) is 15.7. The Morgan fingerprint density at radius 1 is 0.967 bits per heavy atom. The zero-order valence-corrected chi connectivity index (χ0v) is 37.8. The maximum atomic E-state index is 14.7. The summed E-state index contributed by atoms with van der Waals surface area (Å²) in [7, 11) is 0. The van der Waals surface area contributed by atoms with Gasteiger partial charge in [0.25, 0.3) is 5.91 Å². The van der Waals surface area contributed by atoms with E-state index in [9.17, 15) is 37.5 Å². The van der Waals surface area contributed by atoms with E-state index < -0.39 is 52.5 Å². The monoisotopic (exact) mass is 975 g/mol. The summed E-state index contributed by atoms with van der Waals surface area (Å²) in [5.41, 5.74) is 5.49. The third kappa shape index (κ3) is 13.3. The van der Waals surface area contributed by atoms with E-state index in [1.165, 1.54) is 17.0 Å². The Hall–Kier alpha value is -4.39. The van der Waals surface area contributed by atoms with E-state index in [0.717, 1.165) is 59.5 Å². The first-order chi connectivity index (χ1) is 29.0. The highest BCUT2D eigenvalue weighted by atomic mass is 127. The summed E-state index contributed by atoms with van der Waals surface area (Å²) in [5.74, 6) is -5.39. The summed E-state index contributed by atoms with van der Waals surface area (Å²) in [6, 6.07) is 13.1. The van der Waals surface area contributed by atoms with Crippen molar-refractivity contribution in [3.05, 3.63) is 98.0 Å². The molecule has 1 aromatic heterocycles. The van der Waals surface area contributed by atoms with E-state index in [0.29, 0.717) is 22.8 Å². The summed E-state index contributed by atoms with van der Waals surface area (Å²) in [6.45, 7) is 8.14. The number of aryl methyl sites for hydroxylation is 1. The summed E-state index contributed by atoms with van der Waals surface area (Å²) < 4.78 is 43.7. The molecule has 1 saturated heterocycles. The van der Waals surface area contributed by atoms with Crippen molar-refractivity contribution in [3.63, 3.8) is 0 Å². The number of hydrogen-bond donors (Lipinski definition) is 4. The zero-order chi connectivity index (χ0) is 44.3. The average molecular weight is 976 g/mol. The third-order valence-corrected chi connectivity index (χ3v) is 12.4. The van der Waals surface area contributed by atoms with Gasteiger partial charge in [-0.2, -0.15) is 0 Å². The summed E-state index contributed by atoms with van der Waals surface area (Å²) in [4.78, 5) is 65.5. The number of amides is 3. The molecule has 1 fully saturated rings. The van der Waals surface area contributed by atoms with Crippen LogP contribution in [0.3, 0.4) is 0 Å². The Bertz CT molecular complexity index is 2160. The van der Waals surface area contributed by atoms with E-state index in [4.69, 9.17) is 4.84 Å². The molecule has 3 aromatic carbocycles. The second-order valence-electron chi connectivity index (χ2n) is 16.4. The van der Waals surface area contributed by atoms with Gasteiger partial charge in [-0.25, -0.2) is 23.6 Å². The number of carbonyl (C=O) groups is 4. The van der Waals surface area contributed by atoms with Crippen LogP contribution in [0.1, 0.15) is 100 Å². The molecule has 0 bridgehead atoms. The number of nitrogens with zero attached hydrogens (tertiary/aromatic N) is 2. The van der Waals surface area contributed by atoms with Crippen molar-refractivity contribution < 1.29 is 42.3 Å². The summed E-state index contributed by atoms with van der Waals surface area (Å²) >= 11 is 3.48. The first-order valence-corrected chi connectivity index (χ1v) is 22.4. The topological polar surface area (TPSA) is 150 Å². The second kappa shape index (κ2) is 22.1. The summed E-state index contributed by atoms with van der Waals surface area (Å²) in [5, 5.41) is 16.0. The maximum absolute atomic E-state index is 14.7. The number of hydroxylamine groups is 1. The van der Waals surface area contributed by atoms with E-state index in [2.05, 4.69) is 21.1 Å². The van der Waals surface area contributed by atoms with Gasteiger partial charge in [-0.3, -0.25) is 24.0 Å². The molecular formula is C45H53F3IN5O6S. The predicted molar refractivity (Wildman–Crippen MR) is 237 cm³/mol. The molecule has 4 aromatic rings. The number of nitrogens with one attached hydrogen (secondary N) is 3. The van der Waals surface area contributed by atoms with Crippen molar-refractivity contribution in [2.45, 2.75) is 104 Å². The number of thiazole rings is 1. The number of likely N-dealkylation sites (tertiary alicyclic amines) is 1. The molecule has 0 spiro atoms. The molecule has 3 amide bonds. The van der Waals surface area contributed by atoms with Gasteiger partial charge in [-0.15, -0.1) is 11.3 Å². The molecule has 4 N–H and O–H groups in total. The van der Waals surface area contributed by atoms with Crippen LogP contribution in [0.4, 0.5) is 24.5 Å². The Morgan fingerprint density at radius 2 is 1.67 bits per heavy atom. The molecule has 61 heavy (non-hydrogen) atoms. The highest BCUT2D eigenvalue weighted by Crippen LogP contribution is 2.34. The highest BCUT2D eigenvalue weighted by Gasteiger charge is 2.44. The number of unbranched alkanes of at least 4 members (excludes halogenated alkanes) is 5. The molecular weight excluding hydrogens is 922 g/mol. The smallest absolute Gasteiger partial charge is 0.277 e. The number of anilines is 2. The molecule has 1 aliphatic heterocycles. The molecule has 1 aliphatic rings. The van der Waals surface area contributed by atoms with Crippen molar-refractivity contribution in [1.82, 2.24) is 20.7 Å². The lowest BCUT2D eigenvalue weighted by atomic mass is 9.76. The molecule has 0 aliphatic carbocycles. The lowest BCUT2D eigenvalue weighted by Crippen LogP contribution is -2.50. The minimum Gasteiger partial charge on any atom is -0.391 e. The number of rotatable bonds is 20. The number of Topliss-reactive ketones (excluding diaryl/α,β-unsaturated/α-hetero) is 1. The number of β-amino-alcohol motifs (C(OH)–C–C–N with tert-alkyl or cyclic N) is 1. The van der Waals surface area contributed by atoms with Gasteiger partial charge < -0.3 is 20.6 Å². The lowest BCUT2D eigenvalue weighted by Gasteiger charge is -2.34. The maximum Gasteiger partial charge on any atom is 0.277 e. The Morgan fingerprint density at radius 3 is 2.34 bits per heavy atom. The number of hydrogen-bond acceptors (Lipinski definition) is 9. The van der Waals surface area contributed by atoms with Crippen LogP contribution in [0.2, 0.25) is 0 Å². The molecule has 5 rings (SSSR count). The Labute approximate surface area is 372 Å². The van der Waals surface area contributed by atoms with Gasteiger partial charge >= 0.3 is 0 Å². The fourth-order valence-electron chi connectivity index (χ4n) is 7.22. The van der Waals surface area contributed by atoms with E-state index in [1.54, 1.807) is 22.9 Å². The molecule has 3 atom stereocenters. The minimum atomic E-state index is -1.33. The van der Waals surface area contributed by atoms with Gasteiger partial charge in [0.2, 0.25) is 11.8 Å². The van der Waals surface area contributed by atoms with Crippen LogP contribution in [0.5, 0.6) is 0 Å². The number of aliphatic hydroxyl groups is 1. The van der Waals surface area contributed by atoms with Gasteiger partial charge in [0.1, 0.15) is 17.6 Å². The first-order valence-electron chi connectivity index (χ1n) is 20.4. The Balaban J connectivity index is 1.00. The van der Waals surface area contributed by atoms with Crippen LogP contribution in [-0.2, 0) is 25.8 Å². The molecule has 0 radical (unpaired) electrons. The zero-order valence-electron chi connectivity index (χ0n) is 34.8. The predicted octanol–water partition coefficient (Wildman–Crippen LogP) is 9.18.